The SMILES string of the molecule is Cc1cc(F)cc(C)c1Oc1cc(B2OC(C)(C)C(C)(C)O2)cc(C2(O[Si](C)(C)C(C)(C)C)CC2)c1. The van der Waals surface area contributed by atoms with Gasteiger partial charge >= 0.3 is 7.12 Å². The van der Waals surface area contributed by atoms with Gasteiger partial charge < -0.3 is 18.5 Å². The molecule has 0 amide bonds. The van der Waals surface area contributed by atoms with E-state index >= 15 is 0 Å². The van der Waals surface area contributed by atoms with E-state index in [4.69, 9.17) is 18.5 Å². The summed E-state index contributed by atoms with van der Waals surface area (Å²) in [5, 5.41) is 0.105. The van der Waals surface area contributed by atoms with Crippen molar-refractivity contribution in [3.63, 3.8) is 0 Å². The van der Waals surface area contributed by atoms with Gasteiger partial charge in [0.05, 0.1) is 16.8 Å². The smallest absolute Gasteiger partial charge is 0.457 e. The van der Waals surface area contributed by atoms with Crippen LogP contribution >= 0.6 is 0 Å². The molecule has 196 valence electrons. The van der Waals surface area contributed by atoms with Crippen LogP contribution in [0.4, 0.5) is 4.39 Å². The molecule has 0 N–H and O–H groups in total. The zero-order chi connectivity index (χ0) is 26.9. The summed E-state index contributed by atoms with van der Waals surface area (Å²) in [5.74, 6) is 1.09. The molecule has 0 bridgehead atoms. The van der Waals surface area contributed by atoms with Crippen LogP contribution in [-0.2, 0) is 19.3 Å². The fourth-order valence-corrected chi connectivity index (χ4v) is 6.05. The number of benzene rings is 2. The van der Waals surface area contributed by atoms with Crippen molar-refractivity contribution in [3.8, 4) is 11.5 Å². The average molecular weight is 513 g/mol. The van der Waals surface area contributed by atoms with Crippen molar-refractivity contribution in [2.24, 2.45) is 0 Å². The third kappa shape index (κ3) is 5.04. The molecule has 0 unspecified atom stereocenters. The molecule has 4 rings (SSSR count). The maximum atomic E-state index is 13.9. The van der Waals surface area contributed by atoms with E-state index in [1.807, 2.05) is 19.9 Å². The Hall–Kier alpha value is -1.67. The van der Waals surface area contributed by atoms with Crippen molar-refractivity contribution in [3.05, 3.63) is 52.8 Å². The fraction of sp³-hybridized carbons (Fsp3) is 0.586. The van der Waals surface area contributed by atoms with E-state index in [0.717, 1.165) is 35.0 Å². The van der Waals surface area contributed by atoms with Crippen LogP contribution in [0.15, 0.2) is 30.3 Å². The molecular formula is C29H42BFO4Si. The lowest BCUT2D eigenvalue weighted by Crippen LogP contribution is -2.44. The molecule has 0 radical (unpaired) electrons. The summed E-state index contributed by atoms with van der Waals surface area (Å²) in [6.45, 7) is 23.4. The average Bonchev–Trinajstić information content (AvgIpc) is 3.44. The second-order valence-electron chi connectivity index (χ2n) is 13.2. The van der Waals surface area contributed by atoms with Gasteiger partial charge in [0.2, 0.25) is 0 Å². The van der Waals surface area contributed by atoms with Crippen molar-refractivity contribution < 1.29 is 22.9 Å². The predicted octanol–water partition coefficient (Wildman–Crippen LogP) is 7.54. The van der Waals surface area contributed by atoms with E-state index in [-0.39, 0.29) is 16.5 Å². The lowest BCUT2D eigenvalue weighted by atomic mass is 9.77. The van der Waals surface area contributed by atoms with Crippen LogP contribution in [0, 0.1) is 19.7 Å². The number of hydrogen-bond acceptors (Lipinski definition) is 4. The van der Waals surface area contributed by atoms with Gasteiger partial charge in [-0.25, -0.2) is 4.39 Å². The molecule has 0 aromatic heterocycles. The first kappa shape index (κ1) is 27.4. The van der Waals surface area contributed by atoms with Gasteiger partial charge in [-0.05, 0) is 119 Å². The molecule has 2 fully saturated rings. The first-order valence-electron chi connectivity index (χ1n) is 13.0. The summed E-state index contributed by atoms with van der Waals surface area (Å²) in [4.78, 5) is 0. The van der Waals surface area contributed by atoms with E-state index in [1.165, 1.54) is 12.1 Å². The van der Waals surface area contributed by atoms with Gasteiger partial charge in [-0.1, -0.05) is 26.8 Å². The minimum Gasteiger partial charge on any atom is -0.457 e. The molecule has 0 atom stereocenters. The van der Waals surface area contributed by atoms with Gasteiger partial charge in [0.25, 0.3) is 0 Å². The Morgan fingerprint density at radius 1 is 0.889 bits per heavy atom. The molecule has 7 heteroatoms. The molecule has 1 saturated heterocycles. The molecule has 1 aliphatic carbocycles. The Bertz CT molecular complexity index is 1130. The highest BCUT2D eigenvalue weighted by molar-refractivity contribution is 6.74. The Balaban J connectivity index is 1.78. The zero-order valence-corrected chi connectivity index (χ0v) is 24.9. The van der Waals surface area contributed by atoms with Crippen LogP contribution in [-0.4, -0.2) is 26.6 Å². The molecule has 1 heterocycles. The lowest BCUT2D eigenvalue weighted by Gasteiger charge is -2.40. The van der Waals surface area contributed by atoms with Crippen LogP contribution in [0.1, 0.15) is 78.0 Å². The number of ether oxygens (including phenoxy) is 1. The summed E-state index contributed by atoms with van der Waals surface area (Å²) in [5.41, 5.74) is 2.29. The molecule has 1 saturated carbocycles. The quantitative estimate of drug-likeness (QED) is 0.375. The second-order valence-corrected chi connectivity index (χ2v) is 17.9. The van der Waals surface area contributed by atoms with Gasteiger partial charge in [0.15, 0.2) is 8.32 Å². The molecule has 0 spiro atoms. The summed E-state index contributed by atoms with van der Waals surface area (Å²) < 4.78 is 40.2. The third-order valence-corrected chi connectivity index (χ3v) is 13.1. The zero-order valence-electron chi connectivity index (χ0n) is 23.9. The summed E-state index contributed by atoms with van der Waals surface area (Å²) in [6.07, 6.45) is 1.95. The topological polar surface area (TPSA) is 36.9 Å². The summed E-state index contributed by atoms with van der Waals surface area (Å²) in [7, 11) is -2.53. The van der Waals surface area contributed by atoms with E-state index in [0.29, 0.717) is 11.5 Å². The van der Waals surface area contributed by atoms with Crippen molar-refractivity contribution in [1.82, 2.24) is 0 Å². The molecular weight excluding hydrogens is 470 g/mol. The van der Waals surface area contributed by atoms with Crippen LogP contribution in [0.25, 0.3) is 0 Å². The van der Waals surface area contributed by atoms with Crippen molar-refractivity contribution in [1.29, 1.82) is 0 Å². The van der Waals surface area contributed by atoms with Gasteiger partial charge in [-0.2, -0.15) is 0 Å². The van der Waals surface area contributed by atoms with Crippen LogP contribution in [0.3, 0.4) is 0 Å². The van der Waals surface area contributed by atoms with Crippen molar-refractivity contribution in [2.75, 3.05) is 0 Å². The van der Waals surface area contributed by atoms with Gasteiger partial charge in [0, 0.05) is 0 Å². The summed E-state index contributed by atoms with van der Waals surface area (Å²) in [6, 6.07) is 9.24. The fourth-order valence-electron chi connectivity index (χ4n) is 4.44. The first-order valence-corrected chi connectivity index (χ1v) is 15.9. The number of hydrogen-bond donors (Lipinski definition) is 0. The Kier molecular flexibility index (Phi) is 6.60. The van der Waals surface area contributed by atoms with Crippen molar-refractivity contribution >= 4 is 20.9 Å². The number of halogens is 1. The highest BCUT2D eigenvalue weighted by Gasteiger charge is 2.55. The third-order valence-electron chi connectivity index (χ3n) is 8.59. The van der Waals surface area contributed by atoms with Gasteiger partial charge in [-0.3, -0.25) is 0 Å². The highest BCUT2D eigenvalue weighted by atomic mass is 28.4. The van der Waals surface area contributed by atoms with Crippen molar-refractivity contribution in [2.45, 2.75) is 110 Å². The van der Waals surface area contributed by atoms with E-state index in [1.54, 1.807) is 0 Å². The van der Waals surface area contributed by atoms with E-state index < -0.39 is 26.6 Å². The van der Waals surface area contributed by atoms with Crippen LogP contribution in [0.2, 0.25) is 18.1 Å². The Labute approximate surface area is 218 Å². The maximum Gasteiger partial charge on any atom is 0.494 e. The highest BCUT2D eigenvalue weighted by Crippen LogP contribution is 2.54. The van der Waals surface area contributed by atoms with Crippen LogP contribution < -0.4 is 10.2 Å². The largest absolute Gasteiger partial charge is 0.494 e. The minimum atomic E-state index is -2.02. The molecule has 2 aliphatic rings. The van der Waals surface area contributed by atoms with E-state index in [2.05, 4.69) is 73.7 Å². The molecule has 2 aromatic carbocycles. The first-order chi connectivity index (χ1) is 16.4. The summed E-state index contributed by atoms with van der Waals surface area (Å²) >= 11 is 0. The minimum absolute atomic E-state index is 0.105. The standard InChI is InChI=1S/C29H42BFO4Si/c1-19-14-23(31)15-20(2)25(19)32-24-17-21(29(12-13-29)35-36(10,11)26(3,4)5)16-22(18-24)30-33-27(6,7)28(8,9)34-30/h14-18H,12-13H2,1-11H3. The number of rotatable bonds is 6. The number of aryl methyl sites for hydroxylation is 2. The Morgan fingerprint density at radius 3 is 1.89 bits per heavy atom. The van der Waals surface area contributed by atoms with Gasteiger partial charge in [0.1, 0.15) is 17.3 Å². The molecule has 36 heavy (non-hydrogen) atoms. The Morgan fingerprint density at radius 2 is 1.42 bits per heavy atom. The second kappa shape index (κ2) is 8.69. The molecule has 2 aromatic rings. The van der Waals surface area contributed by atoms with Crippen LogP contribution in [0.5, 0.6) is 11.5 Å². The molecule has 1 aliphatic heterocycles. The predicted molar refractivity (Wildman–Crippen MR) is 147 cm³/mol. The molecule has 4 nitrogen and oxygen atoms in total. The van der Waals surface area contributed by atoms with Gasteiger partial charge in [-0.15, -0.1) is 0 Å². The monoisotopic (exact) mass is 512 g/mol. The lowest BCUT2D eigenvalue weighted by molar-refractivity contribution is 0.00578. The normalized spacial score (nSPS) is 20.5. The van der Waals surface area contributed by atoms with E-state index in [9.17, 15) is 4.39 Å². The maximum absolute atomic E-state index is 13.9.